The number of aryl methyl sites for hydroxylation is 1. The number of amides is 1. The summed E-state index contributed by atoms with van der Waals surface area (Å²) in [4.78, 5) is 36.2. The predicted molar refractivity (Wildman–Crippen MR) is 123 cm³/mol. The number of nitrogens with one attached hydrogen (secondary N) is 1. The van der Waals surface area contributed by atoms with Gasteiger partial charge in [0.15, 0.2) is 11.2 Å². The Labute approximate surface area is 188 Å². The maximum absolute atomic E-state index is 12.9. The summed E-state index contributed by atoms with van der Waals surface area (Å²) in [6, 6.07) is 12.1. The summed E-state index contributed by atoms with van der Waals surface area (Å²) >= 11 is 1.62. The van der Waals surface area contributed by atoms with Gasteiger partial charge in [-0.15, -0.1) is 16.4 Å². The molecule has 8 nitrogen and oxygen atoms in total. The third kappa shape index (κ3) is 4.20. The number of carbonyl (C=O) groups excluding carboxylic acids is 1. The lowest BCUT2D eigenvalue weighted by Crippen LogP contribution is -2.40. The van der Waals surface area contributed by atoms with Crippen molar-refractivity contribution in [2.24, 2.45) is 0 Å². The number of hydrogen-bond acceptors (Lipinski definition) is 6. The second-order valence-corrected chi connectivity index (χ2v) is 9.32. The largest absolute Gasteiger partial charge is 0.342 e. The minimum Gasteiger partial charge on any atom is -0.342 e. The highest BCUT2D eigenvalue weighted by Gasteiger charge is 2.27. The summed E-state index contributed by atoms with van der Waals surface area (Å²) in [6.45, 7) is 3.83. The van der Waals surface area contributed by atoms with Gasteiger partial charge >= 0.3 is 0 Å². The van der Waals surface area contributed by atoms with Crippen molar-refractivity contribution in [2.75, 3.05) is 13.1 Å². The van der Waals surface area contributed by atoms with Gasteiger partial charge in [0.05, 0.1) is 13.0 Å². The van der Waals surface area contributed by atoms with Crippen LogP contribution < -0.4 is 5.56 Å². The van der Waals surface area contributed by atoms with Crippen LogP contribution in [0.5, 0.6) is 0 Å². The molecule has 1 saturated heterocycles. The third-order valence-corrected chi connectivity index (χ3v) is 6.78. The van der Waals surface area contributed by atoms with Crippen molar-refractivity contribution in [2.45, 2.75) is 38.6 Å². The molecule has 1 aromatic carbocycles. The molecule has 32 heavy (non-hydrogen) atoms. The maximum atomic E-state index is 12.9. The number of aromatic nitrogens is 5. The number of fused-ring (bicyclic) bond motifs is 1. The number of H-pyrrole nitrogens is 1. The van der Waals surface area contributed by atoms with Crippen molar-refractivity contribution in [3.63, 3.8) is 0 Å². The number of aromatic amines is 1. The number of likely N-dealkylation sites (tertiary alicyclic amines) is 1. The Morgan fingerprint density at radius 1 is 1.25 bits per heavy atom. The Morgan fingerprint density at radius 3 is 2.88 bits per heavy atom. The molecule has 9 heteroatoms. The van der Waals surface area contributed by atoms with E-state index in [1.165, 1.54) is 5.56 Å². The Morgan fingerprint density at radius 2 is 2.09 bits per heavy atom. The fourth-order valence-electron chi connectivity index (χ4n) is 4.15. The molecule has 1 amide bonds. The molecule has 0 bridgehead atoms. The summed E-state index contributed by atoms with van der Waals surface area (Å²) in [7, 11) is 0. The number of nitrogens with zero attached hydrogens (tertiary/aromatic N) is 5. The monoisotopic (exact) mass is 448 g/mol. The van der Waals surface area contributed by atoms with Crippen molar-refractivity contribution in [1.82, 2.24) is 29.9 Å². The highest BCUT2D eigenvalue weighted by molar-refractivity contribution is 7.09. The van der Waals surface area contributed by atoms with Crippen LogP contribution in [0.3, 0.4) is 0 Å². The van der Waals surface area contributed by atoms with Gasteiger partial charge in [0, 0.05) is 23.9 Å². The molecule has 1 N–H and O–H groups in total. The molecule has 0 spiro atoms. The fraction of sp³-hybridized carbons (Fsp3) is 0.348. The van der Waals surface area contributed by atoms with E-state index in [1.807, 2.05) is 53.6 Å². The zero-order chi connectivity index (χ0) is 22.1. The summed E-state index contributed by atoms with van der Waals surface area (Å²) in [5, 5.41) is 10.2. The van der Waals surface area contributed by atoms with Gasteiger partial charge in [-0.05, 0) is 36.8 Å². The van der Waals surface area contributed by atoms with Crippen LogP contribution in [0.1, 0.15) is 40.6 Å². The molecular formula is C23H24N6O2S. The molecule has 0 radical (unpaired) electrons. The van der Waals surface area contributed by atoms with E-state index in [-0.39, 0.29) is 22.9 Å². The first-order valence-corrected chi connectivity index (χ1v) is 11.6. The number of thiophene rings is 1. The van der Waals surface area contributed by atoms with E-state index >= 15 is 0 Å². The molecule has 0 saturated carbocycles. The molecule has 5 rings (SSSR count). The van der Waals surface area contributed by atoms with E-state index in [0.717, 1.165) is 29.8 Å². The Balaban J connectivity index is 1.36. The standard InChI is InChI=1S/C23H24N6O2S/c1-15-6-8-16(9-7-15)12-19(30)28-10-2-4-17(13-28)21-24-22-20(23(31)25-21)26-27-29(22)14-18-5-3-11-32-18/h3,5-9,11,17H,2,4,10,12-14H2,1H3,(H,24,25,31)/t17-/m0/s1. The second-order valence-electron chi connectivity index (χ2n) is 8.29. The summed E-state index contributed by atoms with van der Waals surface area (Å²) in [5.74, 6) is 0.685. The van der Waals surface area contributed by atoms with Crippen molar-refractivity contribution >= 4 is 28.4 Å². The van der Waals surface area contributed by atoms with Gasteiger partial charge in [0.2, 0.25) is 5.91 Å². The normalized spacial score (nSPS) is 16.5. The minimum atomic E-state index is -0.287. The highest BCUT2D eigenvalue weighted by atomic mass is 32.1. The lowest BCUT2D eigenvalue weighted by molar-refractivity contribution is -0.131. The Kier molecular flexibility index (Phi) is 5.57. The van der Waals surface area contributed by atoms with Gasteiger partial charge in [-0.25, -0.2) is 9.67 Å². The lowest BCUT2D eigenvalue weighted by Gasteiger charge is -2.32. The Hall–Kier alpha value is -3.33. The van der Waals surface area contributed by atoms with E-state index in [9.17, 15) is 9.59 Å². The zero-order valence-electron chi connectivity index (χ0n) is 17.8. The maximum Gasteiger partial charge on any atom is 0.281 e. The predicted octanol–water partition coefficient (Wildman–Crippen LogP) is 2.88. The number of carbonyl (C=O) groups is 1. The van der Waals surface area contributed by atoms with Crippen LogP contribution in [-0.2, 0) is 17.8 Å². The SMILES string of the molecule is Cc1ccc(CC(=O)N2CCC[C@H](c3nc4c(nnn4Cc4cccs4)c(=O)[nH]3)C2)cc1. The van der Waals surface area contributed by atoms with Crippen LogP contribution in [0.2, 0.25) is 0 Å². The van der Waals surface area contributed by atoms with Crippen molar-refractivity contribution < 1.29 is 4.79 Å². The molecule has 1 aliphatic rings. The topological polar surface area (TPSA) is 96.8 Å². The van der Waals surface area contributed by atoms with Crippen LogP contribution >= 0.6 is 11.3 Å². The first-order chi connectivity index (χ1) is 15.6. The van der Waals surface area contributed by atoms with Gasteiger partial charge in [-0.2, -0.15) is 0 Å². The van der Waals surface area contributed by atoms with E-state index in [1.54, 1.807) is 16.0 Å². The number of rotatable bonds is 5. The van der Waals surface area contributed by atoms with Crippen molar-refractivity contribution in [3.8, 4) is 0 Å². The highest BCUT2D eigenvalue weighted by Crippen LogP contribution is 2.25. The molecule has 4 heterocycles. The van der Waals surface area contributed by atoms with Gasteiger partial charge < -0.3 is 9.88 Å². The van der Waals surface area contributed by atoms with Gasteiger partial charge in [-0.3, -0.25) is 9.59 Å². The minimum absolute atomic E-state index is 0.0205. The third-order valence-electron chi connectivity index (χ3n) is 5.91. The molecule has 1 fully saturated rings. The lowest BCUT2D eigenvalue weighted by atomic mass is 9.96. The number of benzene rings is 1. The summed E-state index contributed by atoms with van der Waals surface area (Å²) in [5.41, 5.74) is 2.64. The van der Waals surface area contributed by atoms with Crippen molar-refractivity contribution in [3.05, 3.63) is 74.0 Å². The van der Waals surface area contributed by atoms with Crippen molar-refractivity contribution in [1.29, 1.82) is 0 Å². The number of hydrogen-bond donors (Lipinski definition) is 1. The first-order valence-electron chi connectivity index (χ1n) is 10.8. The van der Waals surface area contributed by atoms with E-state index in [2.05, 4.69) is 15.3 Å². The van der Waals surface area contributed by atoms with Gasteiger partial charge in [0.25, 0.3) is 5.56 Å². The molecule has 0 aliphatic carbocycles. The fourth-order valence-corrected chi connectivity index (χ4v) is 4.84. The second kappa shape index (κ2) is 8.66. The average Bonchev–Trinajstić information content (AvgIpc) is 3.46. The first kappa shape index (κ1) is 20.6. The van der Waals surface area contributed by atoms with Gasteiger partial charge in [-0.1, -0.05) is 41.1 Å². The molecule has 164 valence electrons. The van der Waals surface area contributed by atoms with Crippen LogP contribution in [0.15, 0.2) is 46.6 Å². The molecule has 3 aromatic heterocycles. The van der Waals surface area contributed by atoms with Gasteiger partial charge in [0.1, 0.15) is 5.82 Å². The van der Waals surface area contributed by atoms with E-state index < -0.39 is 0 Å². The summed E-state index contributed by atoms with van der Waals surface area (Å²) < 4.78 is 1.67. The molecule has 1 aliphatic heterocycles. The van der Waals surface area contributed by atoms with Crippen LogP contribution in [0.25, 0.3) is 11.2 Å². The molecule has 1 atom stereocenters. The van der Waals surface area contributed by atoms with Crippen LogP contribution in [-0.4, -0.2) is 48.9 Å². The number of piperidine rings is 1. The van der Waals surface area contributed by atoms with Crippen LogP contribution in [0, 0.1) is 6.92 Å². The van der Waals surface area contributed by atoms with Crippen LogP contribution in [0.4, 0.5) is 0 Å². The smallest absolute Gasteiger partial charge is 0.281 e. The quantitative estimate of drug-likeness (QED) is 0.506. The zero-order valence-corrected chi connectivity index (χ0v) is 18.6. The summed E-state index contributed by atoms with van der Waals surface area (Å²) in [6.07, 6.45) is 2.13. The van der Waals surface area contributed by atoms with E-state index in [4.69, 9.17) is 4.98 Å². The van der Waals surface area contributed by atoms with E-state index in [0.29, 0.717) is 31.0 Å². The molecule has 4 aromatic rings. The average molecular weight is 449 g/mol. The molecule has 0 unspecified atom stereocenters. The molecular weight excluding hydrogens is 424 g/mol. The Bertz CT molecular complexity index is 1290.